The molecule has 4 aromatic rings. The topological polar surface area (TPSA) is 89.2 Å². The normalized spacial score (nSPS) is 10.8. The Hall–Kier alpha value is -4.39. The van der Waals surface area contributed by atoms with Crippen LogP contribution in [-0.4, -0.2) is 32.7 Å². The van der Waals surface area contributed by atoms with Gasteiger partial charge >= 0.3 is 5.91 Å². The molecule has 3 aromatic carbocycles. The second kappa shape index (κ2) is 8.74. The Labute approximate surface area is 172 Å². The van der Waals surface area contributed by atoms with Crippen molar-refractivity contribution in [3.63, 3.8) is 0 Å². The lowest BCUT2D eigenvalue weighted by atomic mass is 10.1. The van der Waals surface area contributed by atoms with Gasteiger partial charge in [0.15, 0.2) is 5.82 Å². The number of ketones is 1. The lowest BCUT2D eigenvalue weighted by molar-refractivity contribution is 0.0945. The summed E-state index contributed by atoms with van der Waals surface area (Å²) in [7, 11) is 0. The van der Waals surface area contributed by atoms with E-state index < -0.39 is 5.91 Å². The van der Waals surface area contributed by atoms with Crippen molar-refractivity contribution >= 4 is 17.9 Å². The number of benzene rings is 3. The van der Waals surface area contributed by atoms with Crippen molar-refractivity contribution < 1.29 is 9.59 Å². The van der Waals surface area contributed by atoms with Gasteiger partial charge in [-0.05, 0) is 12.1 Å². The molecule has 1 amide bonds. The van der Waals surface area contributed by atoms with E-state index in [4.69, 9.17) is 0 Å². The van der Waals surface area contributed by atoms with Crippen LogP contribution in [0.3, 0.4) is 0 Å². The quantitative estimate of drug-likeness (QED) is 0.307. The maximum atomic E-state index is 12.5. The third-order valence-electron chi connectivity index (χ3n) is 4.25. The SMILES string of the molecule is O=C(/C=N/NC(=O)c1nc(-c2ccccc2)n(-c2ccccc2)n1)c1ccccc1. The number of rotatable bonds is 6. The number of Topliss-reactive ketones (excluding diaryl/α,β-unsaturated/α-hetero) is 1. The first-order valence-corrected chi connectivity index (χ1v) is 9.23. The van der Waals surface area contributed by atoms with Gasteiger partial charge in [-0.25, -0.2) is 15.1 Å². The highest BCUT2D eigenvalue weighted by atomic mass is 16.2. The van der Waals surface area contributed by atoms with E-state index >= 15 is 0 Å². The molecule has 0 radical (unpaired) electrons. The molecule has 1 N–H and O–H groups in total. The largest absolute Gasteiger partial charge is 0.311 e. The third kappa shape index (κ3) is 4.20. The summed E-state index contributed by atoms with van der Waals surface area (Å²) >= 11 is 0. The van der Waals surface area contributed by atoms with Crippen LogP contribution in [0.5, 0.6) is 0 Å². The average Bonchev–Trinajstić information content (AvgIpc) is 3.26. The van der Waals surface area contributed by atoms with Crippen LogP contribution in [0.15, 0.2) is 96.1 Å². The summed E-state index contributed by atoms with van der Waals surface area (Å²) in [6.45, 7) is 0. The van der Waals surface area contributed by atoms with E-state index in [1.54, 1.807) is 28.9 Å². The van der Waals surface area contributed by atoms with Crippen molar-refractivity contribution in [1.29, 1.82) is 0 Å². The molecular formula is C23H17N5O2. The zero-order chi connectivity index (χ0) is 20.8. The molecule has 0 aliphatic rings. The highest BCUT2D eigenvalue weighted by Crippen LogP contribution is 2.20. The Morgan fingerprint density at radius 2 is 1.43 bits per heavy atom. The van der Waals surface area contributed by atoms with Gasteiger partial charge in [0, 0.05) is 11.1 Å². The predicted molar refractivity (Wildman–Crippen MR) is 114 cm³/mol. The first-order valence-electron chi connectivity index (χ1n) is 9.23. The Morgan fingerprint density at radius 1 is 0.833 bits per heavy atom. The van der Waals surface area contributed by atoms with E-state index in [0.717, 1.165) is 17.5 Å². The molecule has 0 aliphatic heterocycles. The van der Waals surface area contributed by atoms with Gasteiger partial charge in [0.25, 0.3) is 0 Å². The number of hydrogen-bond donors (Lipinski definition) is 1. The maximum Gasteiger partial charge on any atom is 0.311 e. The number of hydrogen-bond acceptors (Lipinski definition) is 5. The molecule has 0 atom stereocenters. The van der Waals surface area contributed by atoms with Crippen LogP contribution in [0.4, 0.5) is 0 Å². The lowest BCUT2D eigenvalue weighted by Gasteiger charge is -2.05. The minimum Gasteiger partial charge on any atom is -0.287 e. The van der Waals surface area contributed by atoms with Gasteiger partial charge in [-0.2, -0.15) is 5.10 Å². The molecule has 30 heavy (non-hydrogen) atoms. The van der Waals surface area contributed by atoms with E-state index in [1.165, 1.54) is 0 Å². The summed E-state index contributed by atoms with van der Waals surface area (Å²) in [5.41, 5.74) is 4.38. The van der Waals surface area contributed by atoms with Gasteiger partial charge in [0.1, 0.15) is 0 Å². The molecule has 146 valence electrons. The van der Waals surface area contributed by atoms with Crippen LogP contribution in [0.1, 0.15) is 21.0 Å². The number of para-hydroxylation sites is 1. The van der Waals surface area contributed by atoms with Crippen molar-refractivity contribution in [3.8, 4) is 17.1 Å². The van der Waals surface area contributed by atoms with Crippen LogP contribution in [0.25, 0.3) is 17.1 Å². The monoisotopic (exact) mass is 395 g/mol. The molecule has 4 rings (SSSR count). The second-order valence-electron chi connectivity index (χ2n) is 6.30. The number of nitrogens with one attached hydrogen (secondary N) is 1. The molecule has 1 heterocycles. The van der Waals surface area contributed by atoms with Gasteiger partial charge in [0.05, 0.1) is 11.9 Å². The van der Waals surface area contributed by atoms with Crippen LogP contribution >= 0.6 is 0 Å². The predicted octanol–water partition coefficient (Wildman–Crippen LogP) is 3.53. The van der Waals surface area contributed by atoms with Gasteiger partial charge in [-0.15, -0.1) is 5.10 Å². The molecule has 7 heteroatoms. The molecule has 0 saturated heterocycles. The van der Waals surface area contributed by atoms with Crippen molar-refractivity contribution in [2.45, 2.75) is 0 Å². The van der Waals surface area contributed by atoms with E-state index in [-0.39, 0.29) is 11.6 Å². The molecule has 1 aromatic heterocycles. The summed E-state index contributed by atoms with van der Waals surface area (Å²) in [5, 5.41) is 8.09. The number of carbonyl (C=O) groups is 2. The lowest BCUT2D eigenvalue weighted by Crippen LogP contribution is -2.20. The standard InChI is InChI=1S/C23H17N5O2/c29-20(17-10-4-1-5-11-17)16-24-26-23(30)21-25-22(18-12-6-2-7-13-18)28(27-21)19-14-8-3-9-15-19/h1-16H,(H,26,30)/b24-16+. The van der Waals surface area contributed by atoms with Crippen molar-refractivity contribution in [3.05, 3.63) is 102 Å². The highest BCUT2D eigenvalue weighted by molar-refractivity contribution is 6.35. The molecule has 0 bridgehead atoms. The van der Waals surface area contributed by atoms with E-state index in [1.807, 2.05) is 66.7 Å². The van der Waals surface area contributed by atoms with Gasteiger partial charge < -0.3 is 0 Å². The fraction of sp³-hybridized carbons (Fsp3) is 0. The summed E-state index contributed by atoms with van der Waals surface area (Å²) in [6.07, 6.45) is 1.06. The zero-order valence-electron chi connectivity index (χ0n) is 15.8. The molecule has 7 nitrogen and oxygen atoms in total. The summed E-state index contributed by atoms with van der Waals surface area (Å²) in [5.74, 6) is -0.457. The van der Waals surface area contributed by atoms with Crippen molar-refractivity contribution in [1.82, 2.24) is 20.2 Å². The summed E-state index contributed by atoms with van der Waals surface area (Å²) < 4.78 is 1.60. The molecule has 0 aliphatic carbocycles. The smallest absolute Gasteiger partial charge is 0.287 e. The molecule has 0 unspecified atom stereocenters. The van der Waals surface area contributed by atoms with E-state index in [0.29, 0.717) is 11.4 Å². The second-order valence-corrected chi connectivity index (χ2v) is 6.30. The fourth-order valence-electron chi connectivity index (χ4n) is 2.81. The van der Waals surface area contributed by atoms with Crippen molar-refractivity contribution in [2.75, 3.05) is 0 Å². The number of amides is 1. The van der Waals surface area contributed by atoms with Crippen LogP contribution in [0.2, 0.25) is 0 Å². The highest BCUT2D eigenvalue weighted by Gasteiger charge is 2.18. The average molecular weight is 395 g/mol. The minimum absolute atomic E-state index is 0.0537. The summed E-state index contributed by atoms with van der Waals surface area (Å²) in [4.78, 5) is 29.0. The van der Waals surface area contributed by atoms with E-state index in [9.17, 15) is 9.59 Å². The Morgan fingerprint density at radius 3 is 2.10 bits per heavy atom. The third-order valence-corrected chi connectivity index (χ3v) is 4.25. The summed E-state index contributed by atoms with van der Waals surface area (Å²) in [6, 6.07) is 27.5. The Balaban J connectivity index is 1.58. The molecule has 0 saturated carbocycles. The fourth-order valence-corrected chi connectivity index (χ4v) is 2.81. The van der Waals surface area contributed by atoms with Crippen LogP contribution < -0.4 is 5.43 Å². The molecule has 0 fully saturated rings. The van der Waals surface area contributed by atoms with Gasteiger partial charge in [0.2, 0.25) is 11.6 Å². The first kappa shape index (κ1) is 18.9. The van der Waals surface area contributed by atoms with Crippen molar-refractivity contribution in [2.24, 2.45) is 5.10 Å². The Kier molecular flexibility index (Phi) is 5.52. The molecular weight excluding hydrogens is 378 g/mol. The maximum absolute atomic E-state index is 12.5. The van der Waals surface area contributed by atoms with Crippen LogP contribution in [-0.2, 0) is 0 Å². The number of carbonyl (C=O) groups excluding carboxylic acids is 2. The van der Waals surface area contributed by atoms with Gasteiger partial charge in [-0.1, -0.05) is 78.9 Å². The Bertz CT molecular complexity index is 1130. The van der Waals surface area contributed by atoms with E-state index in [2.05, 4.69) is 20.6 Å². The minimum atomic E-state index is -0.612. The number of nitrogens with zero attached hydrogens (tertiary/aromatic N) is 4. The number of hydrazone groups is 1. The molecule has 0 spiro atoms. The zero-order valence-corrected chi connectivity index (χ0v) is 15.8. The van der Waals surface area contributed by atoms with Gasteiger partial charge in [-0.3, -0.25) is 9.59 Å². The van der Waals surface area contributed by atoms with Crippen LogP contribution in [0, 0.1) is 0 Å². The first-order chi connectivity index (χ1) is 14.7. The number of aromatic nitrogens is 3.